The maximum absolute atomic E-state index is 10.4. The second-order valence-electron chi connectivity index (χ2n) is 2.60. The number of hydrogen-bond acceptors (Lipinski definition) is 3. The lowest BCUT2D eigenvalue weighted by Crippen LogP contribution is -2.37. The monoisotopic (exact) mass is 174 g/mol. The fraction of sp³-hybridized carbons (Fsp3) is 0.500. The van der Waals surface area contributed by atoms with Crippen LogP contribution in [0.1, 0.15) is 13.3 Å². The van der Waals surface area contributed by atoms with Crippen molar-refractivity contribution in [3.8, 4) is 0 Å². The molecule has 1 atom stereocenters. The number of nitro groups is 1. The van der Waals surface area contributed by atoms with Gasteiger partial charge in [-0.2, -0.15) is 0 Å². The summed E-state index contributed by atoms with van der Waals surface area (Å²) in [5.74, 6) is 0. The molecule has 11 heavy (non-hydrogen) atoms. The molecule has 1 heterocycles. The van der Waals surface area contributed by atoms with Gasteiger partial charge in [-0.25, -0.2) is 4.99 Å². The topological polar surface area (TPSA) is 55.5 Å². The molecule has 1 aliphatic heterocycles. The van der Waals surface area contributed by atoms with E-state index in [0.717, 1.165) is 0 Å². The lowest BCUT2D eigenvalue weighted by Gasteiger charge is -2.16. The predicted molar refractivity (Wildman–Crippen MR) is 42.4 cm³/mol. The van der Waals surface area contributed by atoms with Crippen LogP contribution >= 0.6 is 11.6 Å². The summed E-state index contributed by atoms with van der Waals surface area (Å²) in [6.45, 7) is 1.51. The predicted octanol–water partition coefficient (Wildman–Crippen LogP) is 1.58. The standard InChI is InChI=1S/C6H7ClN2O2/c1-6(9(10)11)3-2-5(7)8-4-6/h2,4H,3H2,1H3. The molecule has 1 unspecified atom stereocenters. The van der Waals surface area contributed by atoms with E-state index in [1.807, 2.05) is 0 Å². The summed E-state index contributed by atoms with van der Waals surface area (Å²) >= 11 is 5.49. The van der Waals surface area contributed by atoms with Gasteiger partial charge in [-0.15, -0.1) is 0 Å². The van der Waals surface area contributed by atoms with Gasteiger partial charge in [0.25, 0.3) is 5.54 Å². The van der Waals surface area contributed by atoms with Gasteiger partial charge >= 0.3 is 0 Å². The Morgan fingerprint density at radius 1 is 1.91 bits per heavy atom. The van der Waals surface area contributed by atoms with Crippen LogP contribution in [0.3, 0.4) is 0 Å². The van der Waals surface area contributed by atoms with Crippen molar-refractivity contribution < 1.29 is 4.92 Å². The molecular formula is C6H7ClN2O2. The average Bonchev–Trinajstić information content (AvgIpc) is 1.95. The highest BCUT2D eigenvalue weighted by Crippen LogP contribution is 2.20. The molecule has 0 saturated heterocycles. The number of aliphatic imine (C=N–C) groups is 1. The number of rotatable bonds is 1. The molecule has 0 aromatic heterocycles. The Labute approximate surface area is 68.7 Å². The van der Waals surface area contributed by atoms with Crippen molar-refractivity contribution in [2.45, 2.75) is 18.9 Å². The number of nitrogens with zero attached hydrogens (tertiary/aromatic N) is 2. The first-order valence-corrected chi connectivity index (χ1v) is 3.48. The van der Waals surface area contributed by atoms with Crippen LogP contribution in [-0.4, -0.2) is 16.7 Å². The van der Waals surface area contributed by atoms with Crippen molar-refractivity contribution in [1.29, 1.82) is 0 Å². The minimum atomic E-state index is -1.07. The van der Waals surface area contributed by atoms with E-state index in [2.05, 4.69) is 4.99 Å². The maximum Gasteiger partial charge on any atom is 0.257 e. The van der Waals surface area contributed by atoms with Crippen LogP contribution in [0.2, 0.25) is 0 Å². The zero-order valence-electron chi connectivity index (χ0n) is 5.95. The summed E-state index contributed by atoms with van der Waals surface area (Å²) in [5, 5.41) is 10.7. The van der Waals surface area contributed by atoms with Crippen LogP contribution in [0.25, 0.3) is 0 Å². The molecule has 5 heteroatoms. The zero-order chi connectivity index (χ0) is 8.48. The lowest BCUT2D eigenvalue weighted by molar-refractivity contribution is -0.540. The first-order valence-electron chi connectivity index (χ1n) is 3.10. The van der Waals surface area contributed by atoms with Crippen LogP contribution < -0.4 is 0 Å². The van der Waals surface area contributed by atoms with Gasteiger partial charge in [-0.1, -0.05) is 11.6 Å². The van der Waals surface area contributed by atoms with Gasteiger partial charge < -0.3 is 0 Å². The van der Waals surface area contributed by atoms with E-state index >= 15 is 0 Å². The van der Waals surface area contributed by atoms with Gasteiger partial charge in [0.1, 0.15) is 5.16 Å². The molecule has 0 radical (unpaired) electrons. The smallest absolute Gasteiger partial charge is 0.257 e. The SMILES string of the molecule is CC1([N+](=O)[O-])C=NC(Cl)=CC1. The summed E-state index contributed by atoms with van der Waals surface area (Å²) < 4.78 is 0. The highest BCUT2D eigenvalue weighted by molar-refractivity contribution is 6.30. The van der Waals surface area contributed by atoms with E-state index in [9.17, 15) is 10.1 Å². The largest absolute Gasteiger partial charge is 0.264 e. The molecule has 1 rings (SSSR count). The summed E-state index contributed by atoms with van der Waals surface area (Å²) in [5.41, 5.74) is -1.07. The van der Waals surface area contributed by atoms with E-state index in [0.29, 0.717) is 11.6 Å². The lowest BCUT2D eigenvalue weighted by atomic mass is 9.99. The Balaban J connectivity index is 2.82. The third kappa shape index (κ3) is 1.57. The number of halogens is 1. The van der Waals surface area contributed by atoms with Crippen LogP contribution in [0.4, 0.5) is 0 Å². The summed E-state index contributed by atoms with van der Waals surface area (Å²) in [7, 11) is 0. The quantitative estimate of drug-likeness (QED) is 0.344. The molecule has 0 aliphatic carbocycles. The molecule has 0 fully saturated rings. The van der Waals surface area contributed by atoms with Crippen LogP contribution in [0.15, 0.2) is 16.2 Å². The maximum atomic E-state index is 10.4. The molecule has 1 aliphatic rings. The van der Waals surface area contributed by atoms with E-state index in [1.54, 1.807) is 6.08 Å². The van der Waals surface area contributed by atoms with Crippen LogP contribution in [0, 0.1) is 10.1 Å². The summed E-state index contributed by atoms with van der Waals surface area (Å²) in [6.07, 6.45) is 3.13. The van der Waals surface area contributed by atoms with Crippen molar-refractivity contribution >= 4 is 17.8 Å². The van der Waals surface area contributed by atoms with E-state index < -0.39 is 5.54 Å². The molecule has 0 spiro atoms. The van der Waals surface area contributed by atoms with Gasteiger partial charge in [0, 0.05) is 18.3 Å². The number of hydrogen-bond donors (Lipinski definition) is 0. The van der Waals surface area contributed by atoms with Gasteiger partial charge in [0.2, 0.25) is 0 Å². The molecule has 0 bridgehead atoms. The average molecular weight is 175 g/mol. The second kappa shape index (κ2) is 2.62. The Morgan fingerprint density at radius 3 is 2.91 bits per heavy atom. The van der Waals surface area contributed by atoms with Gasteiger partial charge in [0.15, 0.2) is 0 Å². The molecule has 0 saturated carbocycles. The van der Waals surface area contributed by atoms with Crippen molar-refractivity contribution in [2.75, 3.05) is 0 Å². The molecule has 0 N–H and O–H groups in total. The fourth-order valence-electron chi connectivity index (χ4n) is 0.719. The van der Waals surface area contributed by atoms with Crippen LogP contribution in [-0.2, 0) is 0 Å². The Hall–Kier alpha value is -0.900. The van der Waals surface area contributed by atoms with Crippen LogP contribution in [0.5, 0.6) is 0 Å². The molecule has 60 valence electrons. The fourth-order valence-corrected chi connectivity index (χ4v) is 0.845. The van der Waals surface area contributed by atoms with E-state index in [-0.39, 0.29) is 4.92 Å². The molecule has 0 aromatic carbocycles. The summed E-state index contributed by atoms with van der Waals surface area (Å²) in [4.78, 5) is 13.7. The Kier molecular flexibility index (Phi) is 1.95. The van der Waals surface area contributed by atoms with Gasteiger partial charge in [-0.05, 0) is 6.08 Å². The Bertz CT molecular complexity index is 249. The molecular weight excluding hydrogens is 168 g/mol. The van der Waals surface area contributed by atoms with Gasteiger partial charge in [-0.3, -0.25) is 10.1 Å². The zero-order valence-corrected chi connectivity index (χ0v) is 6.71. The Morgan fingerprint density at radius 2 is 2.55 bits per heavy atom. The first-order chi connectivity index (χ1) is 5.04. The van der Waals surface area contributed by atoms with Gasteiger partial charge in [0.05, 0.1) is 6.21 Å². The third-order valence-corrected chi connectivity index (χ3v) is 1.82. The minimum Gasteiger partial charge on any atom is -0.264 e. The molecule has 0 amide bonds. The van der Waals surface area contributed by atoms with E-state index in [4.69, 9.17) is 11.6 Å². The molecule has 0 aromatic rings. The second-order valence-corrected chi connectivity index (χ2v) is 2.99. The van der Waals surface area contributed by atoms with Crippen molar-refractivity contribution in [3.05, 3.63) is 21.3 Å². The van der Waals surface area contributed by atoms with Crippen molar-refractivity contribution in [1.82, 2.24) is 0 Å². The minimum absolute atomic E-state index is 0.308. The highest BCUT2D eigenvalue weighted by atomic mass is 35.5. The van der Waals surface area contributed by atoms with E-state index in [1.165, 1.54) is 13.1 Å². The van der Waals surface area contributed by atoms with Crippen molar-refractivity contribution in [3.63, 3.8) is 0 Å². The molecule has 4 nitrogen and oxygen atoms in total. The highest BCUT2D eigenvalue weighted by Gasteiger charge is 2.35. The van der Waals surface area contributed by atoms with Crippen molar-refractivity contribution in [2.24, 2.45) is 4.99 Å². The first kappa shape index (κ1) is 8.20. The normalized spacial score (nSPS) is 29.8. The summed E-state index contributed by atoms with van der Waals surface area (Å²) in [6, 6.07) is 0. The third-order valence-electron chi connectivity index (χ3n) is 1.57.